The summed E-state index contributed by atoms with van der Waals surface area (Å²) in [7, 11) is 0. The Morgan fingerprint density at radius 3 is 2.80 bits per heavy atom. The van der Waals surface area contributed by atoms with Crippen molar-refractivity contribution in [3.63, 3.8) is 0 Å². The molecule has 41 heavy (non-hydrogen) atoms. The largest absolute Gasteiger partial charge is 0.481 e. The van der Waals surface area contributed by atoms with Crippen molar-refractivity contribution in [3.8, 4) is 0 Å². The number of likely N-dealkylation sites (tertiary alicyclic amines) is 1. The van der Waals surface area contributed by atoms with Crippen LogP contribution in [0.1, 0.15) is 53.4 Å². The number of benzene rings is 2. The Morgan fingerprint density at radius 2 is 2.02 bits per heavy atom. The number of halogens is 2. The molecule has 0 bridgehead atoms. The van der Waals surface area contributed by atoms with Crippen LogP contribution in [0, 0.1) is 0 Å². The molecule has 1 aliphatic rings. The Bertz CT molecular complexity index is 1600. The highest BCUT2D eigenvalue weighted by atomic mass is 35.5. The second-order valence-electron chi connectivity index (χ2n) is 9.57. The van der Waals surface area contributed by atoms with Crippen molar-refractivity contribution in [2.75, 3.05) is 18.5 Å². The molecule has 0 saturated carbocycles. The van der Waals surface area contributed by atoms with E-state index in [0.717, 1.165) is 10.1 Å². The normalized spacial score (nSPS) is 16.8. The number of thiophene rings is 1. The van der Waals surface area contributed by atoms with Crippen LogP contribution < -0.4 is 5.32 Å². The summed E-state index contributed by atoms with van der Waals surface area (Å²) in [5, 5.41) is 15.0. The second-order valence-corrected chi connectivity index (χ2v) is 11.3. The quantitative estimate of drug-likeness (QED) is 0.212. The van der Waals surface area contributed by atoms with Crippen molar-refractivity contribution in [1.29, 1.82) is 0 Å². The van der Waals surface area contributed by atoms with E-state index >= 15 is 0 Å². The first-order chi connectivity index (χ1) is 19.7. The summed E-state index contributed by atoms with van der Waals surface area (Å²) in [5.41, 5.74) is 1.39. The molecule has 1 aliphatic heterocycles. The van der Waals surface area contributed by atoms with E-state index in [1.807, 2.05) is 31.2 Å². The van der Waals surface area contributed by atoms with Gasteiger partial charge in [-0.25, -0.2) is 4.98 Å². The number of carboxylic acids is 1. The SMILES string of the molecule is CCO[C@H]1CCN(C(=O)Cc2cc(Cl)c(NC(=O)c3csc4ccccc34)cc2Cl)[C@@H]1c1ncc(CCC(=O)O)o1. The number of carbonyl (C=O) groups is 3. The van der Waals surface area contributed by atoms with Gasteiger partial charge in [-0.05, 0) is 37.1 Å². The molecule has 2 N–H and O–H groups in total. The molecular weight excluding hydrogens is 589 g/mol. The molecule has 1 fully saturated rings. The molecule has 0 spiro atoms. The first-order valence-corrected chi connectivity index (χ1v) is 14.7. The molecular formula is C29H27Cl2N3O6S. The third kappa shape index (κ3) is 6.41. The maximum Gasteiger partial charge on any atom is 0.303 e. The molecule has 1 saturated heterocycles. The number of rotatable bonds is 10. The molecule has 2 amide bonds. The Labute approximate surface area is 250 Å². The number of nitrogens with zero attached hydrogens (tertiary/aromatic N) is 2. The van der Waals surface area contributed by atoms with Gasteiger partial charge in [-0.15, -0.1) is 11.3 Å². The molecule has 0 radical (unpaired) electrons. The topological polar surface area (TPSA) is 122 Å². The van der Waals surface area contributed by atoms with Crippen LogP contribution in [-0.2, 0) is 27.2 Å². The van der Waals surface area contributed by atoms with Gasteiger partial charge in [-0.2, -0.15) is 0 Å². The molecule has 3 heterocycles. The summed E-state index contributed by atoms with van der Waals surface area (Å²) in [6.07, 6.45) is 1.83. The average Bonchev–Trinajstić information content (AvgIpc) is 3.68. The number of ether oxygens (including phenoxy) is 1. The van der Waals surface area contributed by atoms with Gasteiger partial charge < -0.3 is 24.5 Å². The van der Waals surface area contributed by atoms with E-state index in [0.29, 0.717) is 48.0 Å². The fourth-order valence-electron chi connectivity index (χ4n) is 4.96. The minimum Gasteiger partial charge on any atom is -0.481 e. The number of amides is 2. The molecule has 4 aromatic rings. The number of anilines is 1. The molecule has 5 rings (SSSR count). The average molecular weight is 617 g/mol. The number of aromatic nitrogens is 1. The Hall–Kier alpha value is -3.44. The first-order valence-electron chi connectivity index (χ1n) is 13.1. The Morgan fingerprint density at radius 1 is 1.22 bits per heavy atom. The predicted molar refractivity (Wildman–Crippen MR) is 157 cm³/mol. The number of aliphatic carboxylic acids is 1. The second kappa shape index (κ2) is 12.6. The lowest BCUT2D eigenvalue weighted by Crippen LogP contribution is -2.35. The van der Waals surface area contributed by atoms with Gasteiger partial charge in [0.2, 0.25) is 11.8 Å². The lowest BCUT2D eigenvalue weighted by molar-refractivity contribution is -0.137. The zero-order chi connectivity index (χ0) is 29.1. The lowest BCUT2D eigenvalue weighted by Gasteiger charge is -2.26. The summed E-state index contributed by atoms with van der Waals surface area (Å²) in [6.45, 7) is 2.75. The summed E-state index contributed by atoms with van der Waals surface area (Å²) < 4.78 is 12.7. The van der Waals surface area contributed by atoms with Gasteiger partial charge in [0.15, 0.2) is 0 Å². The Kier molecular flexibility index (Phi) is 8.94. The van der Waals surface area contributed by atoms with Crippen LogP contribution in [0.4, 0.5) is 5.69 Å². The van der Waals surface area contributed by atoms with Gasteiger partial charge in [0.1, 0.15) is 11.8 Å². The fourth-order valence-corrected chi connectivity index (χ4v) is 6.36. The van der Waals surface area contributed by atoms with Crippen molar-refractivity contribution < 1.29 is 28.6 Å². The van der Waals surface area contributed by atoms with Gasteiger partial charge in [0.25, 0.3) is 5.91 Å². The molecule has 0 unspecified atom stereocenters. The van der Waals surface area contributed by atoms with E-state index < -0.39 is 12.0 Å². The number of hydrogen-bond acceptors (Lipinski definition) is 7. The number of hydrogen-bond donors (Lipinski definition) is 2. The number of nitrogens with one attached hydrogen (secondary N) is 1. The number of aryl methyl sites for hydroxylation is 1. The molecule has 2 aromatic heterocycles. The molecule has 2 aromatic carbocycles. The highest BCUT2D eigenvalue weighted by Crippen LogP contribution is 2.36. The third-order valence-electron chi connectivity index (χ3n) is 6.90. The predicted octanol–water partition coefficient (Wildman–Crippen LogP) is 6.39. The number of carboxylic acid groups (broad SMARTS) is 1. The van der Waals surface area contributed by atoms with Crippen LogP contribution in [-0.4, -0.2) is 52.0 Å². The van der Waals surface area contributed by atoms with Crippen molar-refractivity contribution in [3.05, 3.63) is 80.8 Å². The third-order valence-corrected chi connectivity index (χ3v) is 8.53. The number of carbonyl (C=O) groups excluding carboxylic acids is 2. The van der Waals surface area contributed by atoms with E-state index in [1.165, 1.54) is 17.5 Å². The van der Waals surface area contributed by atoms with Crippen molar-refractivity contribution >= 4 is 68.1 Å². The van der Waals surface area contributed by atoms with Crippen LogP contribution in [0.15, 0.2) is 52.4 Å². The van der Waals surface area contributed by atoms with Gasteiger partial charge in [-0.3, -0.25) is 14.4 Å². The van der Waals surface area contributed by atoms with E-state index in [2.05, 4.69) is 10.3 Å². The standard InChI is InChI=1S/C29H27Cl2N3O6S/c1-2-39-23-9-10-34(27(23)29-32-14-17(40-29)7-8-26(36)37)25(35)12-16-11-21(31)22(13-20(16)30)33-28(38)19-15-41-24-6-4-3-5-18(19)24/h3-6,11,13-15,23,27H,2,7-10,12H2,1H3,(H,33,38)(H,36,37)/t23-,27-/m0/s1. The van der Waals surface area contributed by atoms with Crippen molar-refractivity contribution in [2.45, 2.75) is 44.8 Å². The zero-order valence-electron chi connectivity index (χ0n) is 22.1. The van der Waals surface area contributed by atoms with E-state index in [9.17, 15) is 14.4 Å². The first kappa shape index (κ1) is 29.1. The Balaban J connectivity index is 1.31. The van der Waals surface area contributed by atoms with Gasteiger partial charge in [0.05, 0.1) is 41.4 Å². The maximum atomic E-state index is 13.5. The van der Waals surface area contributed by atoms with Gasteiger partial charge >= 0.3 is 5.97 Å². The van der Waals surface area contributed by atoms with E-state index in [4.69, 9.17) is 37.5 Å². The smallest absolute Gasteiger partial charge is 0.303 e. The van der Waals surface area contributed by atoms with Crippen molar-refractivity contribution in [1.82, 2.24) is 9.88 Å². The highest BCUT2D eigenvalue weighted by molar-refractivity contribution is 7.17. The molecule has 214 valence electrons. The highest BCUT2D eigenvalue weighted by Gasteiger charge is 2.41. The summed E-state index contributed by atoms with van der Waals surface area (Å²) in [4.78, 5) is 43.5. The maximum absolute atomic E-state index is 13.5. The fraction of sp³-hybridized carbons (Fsp3) is 0.310. The van der Waals surface area contributed by atoms with Gasteiger partial charge in [-0.1, -0.05) is 41.4 Å². The molecule has 9 nitrogen and oxygen atoms in total. The van der Waals surface area contributed by atoms with Crippen LogP contribution in [0.25, 0.3) is 10.1 Å². The van der Waals surface area contributed by atoms with Crippen LogP contribution in [0.3, 0.4) is 0 Å². The minimum atomic E-state index is -0.936. The van der Waals surface area contributed by atoms with Crippen LogP contribution in [0.2, 0.25) is 10.0 Å². The molecule has 0 aliphatic carbocycles. The van der Waals surface area contributed by atoms with E-state index in [1.54, 1.807) is 22.4 Å². The number of oxazole rings is 1. The van der Waals surface area contributed by atoms with Crippen LogP contribution >= 0.6 is 34.5 Å². The summed E-state index contributed by atoms with van der Waals surface area (Å²) in [6, 6.07) is 10.2. The number of fused-ring (bicyclic) bond motifs is 1. The molecule has 12 heteroatoms. The summed E-state index contributed by atoms with van der Waals surface area (Å²) >= 11 is 14.6. The molecule has 2 atom stereocenters. The minimum absolute atomic E-state index is 0.0378. The van der Waals surface area contributed by atoms with Crippen LogP contribution in [0.5, 0.6) is 0 Å². The summed E-state index contributed by atoms with van der Waals surface area (Å²) in [5.74, 6) is -0.728. The lowest BCUT2D eigenvalue weighted by atomic mass is 10.1. The van der Waals surface area contributed by atoms with E-state index in [-0.39, 0.29) is 47.2 Å². The van der Waals surface area contributed by atoms with Crippen molar-refractivity contribution in [2.24, 2.45) is 0 Å². The monoisotopic (exact) mass is 615 g/mol. The zero-order valence-corrected chi connectivity index (χ0v) is 24.4. The van der Waals surface area contributed by atoms with Gasteiger partial charge in [0, 0.05) is 40.1 Å².